The molecule has 3 aromatic rings. The fourth-order valence-corrected chi connectivity index (χ4v) is 4.25. The number of ether oxygens (including phenoxy) is 1. The number of halogens is 4. The highest BCUT2D eigenvalue weighted by atomic mass is 19.4. The summed E-state index contributed by atoms with van der Waals surface area (Å²) in [7, 11) is 0. The van der Waals surface area contributed by atoms with Crippen LogP contribution in [0, 0.1) is 5.82 Å². The third-order valence-corrected chi connectivity index (χ3v) is 6.21. The van der Waals surface area contributed by atoms with Crippen LogP contribution in [0.25, 0.3) is 0 Å². The second-order valence-electron chi connectivity index (χ2n) is 9.01. The molecular formula is C28H29F4N3O2. The Bertz CT molecular complexity index is 1200. The van der Waals surface area contributed by atoms with Crippen molar-refractivity contribution in [3.8, 4) is 11.5 Å². The minimum Gasteiger partial charge on any atom is -0.457 e. The molecule has 0 aliphatic carbocycles. The van der Waals surface area contributed by atoms with Gasteiger partial charge in [-0.2, -0.15) is 13.2 Å². The van der Waals surface area contributed by atoms with Crippen LogP contribution in [0.1, 0.15) is 30.4 Å². The number of nitrogens with one attached hydrogen (secondary N) is 1. The molecule has 4 rings (SSSR count). The molecule has 0 radical (unpaired) electrons. The molecule has 196 valence electrons. The minimum absolute atomic E-state index is 0.0613. The third-order valence-electron chi connectivity index (χ3n) is 6.21. The predicted molar refractivity (Wildman–Crippen MR) is 134 cm³/mol. The summed E-state index contributed by atoms with van der Waals surface area (Å²) in [6, 6.07) is 17.1. The Morgan fingerprint density at radius 3 is 2.35 bits per heavy atom. The maximum absolute atomic E-state index is 14.2. The molecule has 3 aromatic carbocycles. The van der Waals surface area contributed by atoms with Gasteiger partial charge >= 0.3 is 12.2 Å². The number of alkyl halides is 3. The lowest BCUT2D eigenvalue weighted by atomic mass is 10.1. The van der Waals surface area contributed by atoms with Gasteiger partial charge in [0.15, 0.2) is 0 Å². The van der Waals surface area contributed by atoms with Gasteiger partial charge in [0.25, 0.3) is 0 Å². The molecule has 9 heteroatoms. The van der Waals surface area contributed by atoms with Crippen molar-refractivity contribution in [2.45, 2.75) is 32.0 Å². The number of piperidine rings is 1. The van der Waals surface area contributed by atoms with Crippen LogP contribution in [-0.4, -0.2) is 42.0 Å². The van der Waals surface area contributed by atoms with Crippen LogP contribution in [0.4, 0.5) is 28.0 Å². The molecule has 5 nitrogen and oxygen atoms in total. The van der Waals surface area contributed by atoms with Gasteiger partial charge in [-0.15, -0.1) is 0 Å². The van der Waals surface area contributed by atoms with Gasteiger partial charge in [0.05, 0.1) is 11.3 Å². The molecule has 0 aromatic heterocycles. The van der Waals surface area contributed by atoms with Gasteiger partial charge < -0.3 is 19.9 Å². The number of benzene rings is 3. The number of hydrogen-bond acceptors (Lipinski definition) is 3. The van der Waals surface area contributed by atoms with E-state index in [2.05, 4.69) is 10.2 Å². The van der Waals surface area contributed by atoms with Crippen LogP contribution in [0.2, 0.25) is 0 Å². The lowest BCUT2D eigenvalue weighted by molar-refractivity contribution is -0.137. The van der Waals surface area contributed by atoms with E-state index >= 15 is 0 Å². The molecule has 0 bridgehead atoms. The van der Waals surface area contributed by atoms with E-state index < -0.39 is 23.6 Å². The van der Waals surface area contributed by atoms with Gasteiger partial charge in [-0.1, -0.05) is 36.8 Å². The summed E-state index contributed by atoms with van der Waals surface area (Å²) in [6.07, 6.45) is -1.03. The Kier molecular flexibility index (Phi) is 8.66. The van der Waals surface area contributed by atoms with Crippen LogP contribution < -0.4 is 10.1 Å². The SMILES string of the molecule is O=C(Nc1ccccc1F)N(CCN1CCCCC1)Cc1cccc(Oc2cccc(C(F)(F)F)c2)c1. The number of carbonyl (C=O) groups is 1. The van der Waals surface area contributed by atoms with Crippen molar-refractivity contribution in [2.24, 2.45) is 0 Å². The number of nitrogens with zero attached hydrogens (tertiary/aromatic N) is 2. The van der Waals surface area contributed by atoms with E-state index in [1.54, 1.807) is 35.2 Å². The monoisotopic (exact) mass is 515 g/mol. The highest BCUT2D eigenvalue weighted by molar-refractivity contribution is 5.89. The lowest BCUT2D eigenvalue weighted by Crippen LogP contribution is -2.42. The molecule has 1 heterocycles. The zero-order valence-corrected chi connectivity index (χ0v) is 20.3. The number of carbonyl (C=O) groups excluding carboxylic acids is 1. The summed E-state index contributed by atoms with van der Waals surface area (Å²) in [5, 5.41) is 2.65. The molecular weight excluding hydrogens is 486 g/mol. The number of para-hydroxylation sites is 1. The average molecular weight is 516 g/mol. The summed E-state index contributed by atoms with van der Waals surface area (Å²) in [6.45, 7) is 3.28. The van der Waals surface area contributed by atoms with E-state index in [1.165, 1.54) is 30.7 Å². The van der Waals surface area contributed by atoms with E-state index in [1.807, 2.05) is 6.07 Å². The number of rotatable bonds is 8. The zero-order chi connectivity index (χ0) is 26.3. The van der Waals surface area contributed by atoms with E-state index in [4.69, 9.17) is 4.74 Å². The molecule has 1 aliphatic rings. The molecule has 0 saturated carbocycles. The van der Waals surface area contributed by atoms with Gasteiger partial charge in [-0.3, -0.25) is 0 Å². The highest BCUT2D eigenvalue weighted by Gasteiger charge is 2.30. The number of hydrogen-bond donors (Lipinski definition) is 1. The van der Waals surface area contributed by atoms with Crippen LogP contribution >= 0.6 is 0 Å². The van der Waals surface area contributed by atoms with Crippen molar-refractivity contribution in [3.63, 3.8) is 0 Å². The third kappa shape index (κ3) is 7.69. The molecule has 1 aliphatic heterocycles. The molecule has 0 unspecified atom stereocenters. The first-order valence-electron chi connectivity index (χ1n) is 12.2. The van der Waals surface area contributed by atoms with Gasteiger partial charge in [0, 0.05) is 19.6 Å². The first-order valence-corrected chi connectivity index (χ1v) is 12.2. The maximum Gasteiger partial charge on any atom is 0.416 e. The highest BCUT2D eigenvalue weighted by Crippen LogP contribution is 2.33. The fourth-order valence-electron chi connectivity index (χ4n) is 4.25. The number of likely N-dealkylation sites (tertiary alicyclic amines) is 1. The topological polar surface area (TPSA) is 44.8 Å². The van der Waals surface area contributed by atoms with Crippen molar-refractivity contribution in [1.29, 1.82) is 0 Å². The van der Waals surface area contributed by atoms with Gasteiger partial charge in [-0.25, -0.2) is 9.18 Å². The van der Waals surface area contributed by atoms with Crippen molar-refractivity contribution in [2.75, 3.05) is 31.5 Å². The summed E-state index contributed by atoms with van der Waals surface area (Å²) in [5.41, 5.74) is 0.0266. The Labute approximate surface area is 213 Å². The largest absolute Gasteiger partial charge is 0.457 e. The fraction of sp³-hybridized carbons (Fsp3) is 0.321. The maximum atomic E-state index is 14.2. The van der Waals surface area contributed by atoms with E-state index in [9.17, 15) is 22.4 Å². The van der Waals surface area contributed by atoms with Gasteiger partial charge in [0.1, 0.15) is 17.3 Å². The van der Waals surface area contributed by atoms with Crippen molar-refractivity contribution >= 4 is 11.7 Å². The van der Waals surface area contributed by atoms with Crippen LogP contribution in [0.3, 0.4) is 0 Å². The van der Waals surface area contributed by atoms with Crippen molar-refractivity contribution in [1.82, 2.24) is 9.80 Å². The van der Waals surface area contributed by atoms with Crippen LogP contribution in [0.15, 0.2) is 72.8 Å². The normalized spacial score (nSPS) is 14.3. The second-order valence-corrected chi connectivity index (χ2v) is 9.01. The Hall–Kier alpha value is -3.59. The second kappa shape index (κ2) is 12.1. The summed E-state index contributed by atoms with van der Waals surface area (Å²) in [4.78, 5) is 17.0. The molecule has 1 fully saturated rings. The quantitative estimate of drug-likeness (QED) is 0.324. The molecule has 37 heavy (non-hydrogen) atoms. The smallest absolute Gasteiger partial charge is 0.416 e. The lowest BCUT2D eigenvalue weighted by Gasteiger charge is -2.30. The van der Waals surface area contributed by atoms with Crippen molar-refractivity contribution in [3.05, 3.63) is 89.7 Å². The molecule has 1 N–H and O–H groups in total. The van der Waals surface area contributed by atoms with Crippen LogP contribution in [0.5, 0.6) is 11.5 Å². The number of amides is 2. The van der Waals surface area contributed by atoms with Gasteiger partial charge in [0.2, 0.25) is 0 Å². The van der Waals surface area contributed by atoms with E-state index in [0.717, 1.165) is 43.6 Å². The zero-order valence-electron chi connectivity index (χ0n) is 20.3. The summed E-state index contributed by atoms with van der Waals surface area (Å²) in [5.74, 6) is -0.114. The summed E-state index contributed by atoms with van der Waals surface area (Å²) < 4.78 is 59.0. The number of urea groups is 1. The first-order chi connectivity index (χ1) is 17.8. The Balaban J connectivity index is 1.48. The molecule has 0 atom stereocenters. The van der Waals surface area contributed by atoms with E-state index in [-0.39, 0.29) is 18.0 Å². The standard InChI is InChI=1S/C28H29F4N3O2/c29-25-12-2-3-13-26(25)33-27(36)35(17-16-34-14-4-1-5-15-34)20-21-8-6-10-23(18-21)37-24-11-7-9-22(19-24)28(30,31)32/h2-3,6-13,18-19H,1,4-5,14-17,20H2,(H,33,36). The van der Waals surface area contributed by atoms with Crippen LogP contribution in [-0.2, 0) is 12.7 Å². The first kappa shape index (κ1) is 26.5. The Morgan fingerprint density at radius 1 is 0.919 bits per heavy atom. The minimum atomic E-state index is -4.47. The van der Waals surface area contributed by atoms with E-state index in [0.29, 0.717) is 18.8 Å². The summed E-state index contributed by atoms with van der Waals surface area (Å²) >= 11 is 0. The average Bonchev–Trinajstić information content (AvgIpc) is 2.88. The van der Waals surface area contributed by atoms with Gasteiger partial charge in [-0.05, 0) is 74.0 Å². The van der Waals surface area contributed by atoms with Crippen molar-refractivity contribution < 1.29 is 27.1 Å². The number of anilines is 1. The Morgan fingerprint density at radius 2 is 1.62 bits per heavy atom. The molecule has 0 spiro atoms. The molecule has 2 amide bonds. The predicted octanol–water partition coefficient (Wildman–Crippen LogP) is 7.16. The molecule has 1 saturated heterocycles.